The van der Waals surface area contributed by atoms with E-state index in [1.165, 1.54) is 24.3 Å². The van der Waals surface area contributed by atoms with Gasteiger partial charge in [-0.1, -0.05) is 0 Å². The number of benzene rings is 1. The fourth-order valence-electron chi connectivity index (χ4n) is 6.38. The highest BCUT2D eigenvalue weighted by Crippen LogP contribution is 2.58. The fraction of sp³-hybridized carbons (Fsp3) is 0.619. The third kappa shape index (κ3) is 2.32. The fourth-order valence-corrected chi connectivity index (χ4v) is 6.38. The van der Waals surface area contributed by atoms with E-state index in [4.69, 9.17) is 0 Å². The Balaban J connectivity index is 1.47. The standard InChI is InChI=1S/C21H25FN2O3/c1-20(2)19(26)23(24(20)18(25)13-3-5-16(22)6-4-13)17-14-7-12-8-15(17)11-21(27,9-12)10-14/h3-6,12,14-15,17,27H,7-11H2,1-2H3. The van der Waals surface area contributed by atoms with Crippen LogP contribution in [0.5, 0.6) is 0 Å². The molecule has 1 aromatic carbocycles. The molecule has 1 N–H and O–H groups in total. The van der Waals surface area contributed by atoms with E-state index < -0.39 is 17.0 Å². The number of nitrogens with zero attached hydrogens (tertiary/aromatic N) is 2. The van der Waals surface area contributed by atoms with E-state index >= 15 is 0 Å². The summed E-state index contributed by atoms with van der Waals surface area (Å²) in [5.41, 5.74) is -1.11. The SMILES string of the molecule is CC1(C)C(=O)N(C2C3CC4CC2CC(O)(C4)C3)N1C(=O)c1ccc(F)cc1. The van der Waals surface area contributed by atoms with Gasteiger partial charge in [0, 0.05) is 5.56 Å². The lowest BCUT2D eigenvalue weighted by Gasteiger charge is -2.66. The third-order valence-electron chi connectivity index (χ3n) is 7.23. The van der Waals surface area contributed by atoms with E-state index in [0.717, 1.165) is 19.3 Å². The van der Waals surface area contributed by atoms with Crippen LogP contribution in [0.3, 0.4) is 0 Å². The molecule has 0 aromatic heterocycles. The van der Waals surface area contributed by atoms with Crippen molar-refractivity contribution >= 4 is 11.8 Å². The van der Waals surface area contributed by atoms with Crippen molar-refractivity contribution in [3.05, 3.63) is 35.6 Å². The van der Waals surface area contributed by atoms with E-state index in [9.17, 15) is 19.1 Å². The number of rotatable bonds is 2. The van der Waals surface area contributed by atoms with Crippen LogP contribution in [0.25, 0.3) is 0 Å². The van der Waals surface area contributed by atoms with Crippen LogP contribution < -0.4 is 0 Å². The first-order valence-electron chi connectivity index (χ1n) is 9.86. The Hall–Kier alpha value is -1.95. The minimum Gasteiger partial charge on any atom is -0.390 e. The van der Waals surface area contributed by atoms with Gasteiger partial charge in [0.15, 0.2) is 0 Å². The van der Waals surface area contributed by atoms with Crippen molar-refractivity contribution in [1.82, 2.24) is 10.0 Å². The van der Waals surface area contributed by atoms with Gasteiger partial charge in [-0.15, -0.1) is 0 Å². The highest BCUT2D eigenvalue weighted by Gasteiger charge is 2.64. The van der Waals surface area contributed by atoms with Crippen molar-refractivity contribution in [3.63, 3.8) is 0 Å². The molecule has 2 atom stereocenters. The van der Waals surface area contributed by atoms with Gasteiger partial charge in [-0.25, -0.2) is 14.4 Å². The second-order valence-electron chi connectivity index (χ2n) is 9.52. The molecule has 2 amide bonds. The maximum Gasteiger partial charge on any atom is 0.273 e. The van der Waals surface area contributed by atoms with Gasteiger partial charge in [0.2, 0.25) is 0 Å². The average Bonchev–Trinajstić information content (AvgIpc) is 2.58. The van der Waals surface area contributed by atoms with Crippen LogP contribution in [-0.2, 0) is 4.79 Å². The van der Waals surface area contributed by atoms with Gasteiger partial charge >= 0.3 is 0 Å². The highest BCUT2D eigenvalue weighted by atomic mass is 19.1. The van der Waals surface area contributed by atoms with Crippen molar-refractivity contribution in [2.75, 3.05) is 0 Å². The molecule has 6 heteroatoms. The zero-order valence-corrected chi connectivity index (χ0v) is 15.7. The summed E-state index contributed by atoms with van der Waals surface area (Å²) in [7, 11) is 0. The molecule has 1 saturated heterocycles. The minimum absolute atomic E-state index is 0.0215. The summed E-state index contributed by atoms with van der Waals surface area (Å²) in [6.07, 6.45) is 4.35. The molecule has 5 fully saturated rings. The molecule has 5 aliphatic rings. The van der Waals surface area contributed by atoms with Gasteiger partial charge < -0.3 is 5.11 Å². The predicted octanol–water partition coefficient (Wildman–Crippen LogP) is 2.74. The van der Waals surface area contributed by atoms with E-state index in [1.54, 1.807) is 23.9 Å². The molecule has 27 heavy (non-hydrogen) atoms. The molecule has 4 aliphatic carbocycles. The van der Waals surface area contributed by atoms with E-state index in [0.29, 0.717) is 24.3 Å². The first kappa shape index (κ1) is 17.2. The number of carbonyl (C=O) groups is 2. The number of hydrazine groups is 1. The number of aliphatic hydroxyl groups is 1. The number of hydrogen-bond acceptors (Lipinski definition) is 3. The molecule has 144 valence electrons. The van der Waals surface area contributed by atoms with Gasteiger partial charge in [0.05, 0.1) is 11.6 Å². The molecule has 0 spiro atoms. The van der Waals surface area contributed by atoms with E-state index in [-0.39, 0.29) is 29.7 Å². The van der Waals surface area contributed by atoms with Gasteiger partial charge in [-0.3, -0.25) is 9.59 Å². The molecule has 1 aromatic rings. The lowest BCUT2D eigenvalue weighted by Crippen LogP contribution is -2.81. The number of carbonyl (C=O) groups excluding carboxylic acids is 2. The highest BCUT2D eigenvalue weighted by molar-refractivity contribution is 6.04. The van der Waals surface area contributed by atoms with Crippen LogP contribution in [0.1, 0.15) is 56.3 Å². The maximum atomic E-state index is 13.2. The normalized spacial score (nSPS) is 38.9. The molecule has 0 radical (unpaired) electrons. The molecule has 4 bridgehead atoms. The summed E-state index contributed by atoms with van der Waals surface area (Å²) in [4.78, 5) is 26.2. The first-order valence-corrected chi connectivity index (χ1v) is 9.86. The Kier molecular flexibility index (Phi) is 3.38. The Morgan fingerprint density at radius 2 is 1.70 bits per heavy atom. The van der Waals surface area contributed by atoms with Crippen LogP contribution in [0.15, 0.2) is 24.3 Å². The van der Waals surface area contributed by atoms with Gasteiger partial charge in [0.25, 0.3) is 11.8 Å². The number of amides is 2. The van der Waals surface area contributed by atoms with Crippen LogP contribution in [-0.4, -0.2) is 44.1 Å². The molecule has 4 saturated carbocycles. The number of hydrogen-bond donors (Lipinski definition) is 1. The maximum absolute atomic E-state index is 13.2. The third-order valence-corrected chi connectivity index (χ3v) is 7.23. The first-order chi connectivity index (χ1) is 12.7. The molecule has 1 aliphatic heterocycles. The topological polar surface area (TPSA) is 60.9 Å². The Morgan fingerprint density at radius 1 is 1.11 bits per heavy atom. The van der Waals surface area contributed by atoms with Crippen LogP contribution in [0.4, 0.5) is 4.39 Å². The molecule has 5 nitrogen and oxygen atoms in total. The van der Waals surface area contributed by atoms with Gasteiger partial charge in [-0.05, 0) is 88.0 Å². The molecular formula is C21H25FN2O3. The predicted molar refractivity (Wildman–Crippen MR) is 95.8 cm³/mol. The van der Waals surface area contributed by atoms with Gasteiger partial charge in [0.1, 0.15) is 11.4 Å². The van der Waals surface area contributed by atoms with Crippen molar-refractivity contribution < 1.29 is 19.1 Å². The summed E-state index contributed by atoms with van der Waals surface area (Å²) < 4.78 is 13.2. The smallest absolute Gasteiger partial charge is 0.273 e. The zero-order chi connectivity index (χ0) is 19.1. The average molecular weight is 372 g/mol. The van der Waals surface area contributed by atoms with Crippen molar-refractivity contribution in [2.45, 2.75) is 63.1 Å². The lowest BCUT2D eigenvalue weighted by atomic mass is 9.52. The van der Waals surface area contributed by atoms with Crippen molar-refractivity contribution in [2.24, 2.45) is 17.8 Å². The zero-order valence-electron chi connectivity index (χ0n) is 15.7. The Labute approximate surface area is 158 Å². The second-order valence-corrected chi connectivity index (χ2v) is 9.52. The molecule has 1 heterocycles. The summed E-state index contributed by atoms with van der Waals surface area (Å²) in [5, 5.41) is 14.1. The summed E-state index contributed by atoms with van der Waals surface area (Å²) >= 11 is 0. The van der Waals surface area contributed by atoms with Crippen LogP contribution in [0.2, 0.25) is 0 Å². The van der Waals surface area contributed by atoms with Crippen LogP contribution >= 0.6 is 0 Å². The van der Waals surface area contributed by atoms with E-state index in [2.05, 4.69) is 0 Å². The molecule has 6 rings (SSSR count). The summed E-state index contributed by atoms with van der Waals surface area (Å²) in [6.45, 7) is 3.52. The van der Waals surface area contributed by atoms with Gasteiger partial charge in [-0.2, -0.15) is 0 Å². The monoisotopic (exact) mass is 372 g/mol. The minimum atomic E-state index is -0.906. The van der Waals surface area contributed by atoms with Crippen molar-refractivity contribution in [3.8, 4) is 0 Å². The molecule has 2 unspecified atom stereocenters. The van der Waals surface area contributed by atoms with E-state index in [1.807, 2.05) is 0 Å². The quantitative estimate of drug-likeness (QED) is 0.868. The Bertz CT molecular complexity index is 805. The van der Waals surface area contributed by atoms with Crippen molar-refractivity contribution in [1.29, 1.82) is 0 Å². The number of halogens is 1. The largest absolute Gasteiger partial charge is 0.390 e. The molecular weight excluding hydrogens is 347 g/mol. The van der Waals surface area contributed by atoms with Crippen LogP contribution in [0, 0.1) is 23.6 Å². The Morgan fingerprint density at radius 3 is 2.26 bits per heavy atom. The lowest BCUT2D eigenvalue weighted by molar-refractivity contribution is -0.243. The second kappa shape index (κ2) is 5.31. The summed E-state index contributed by atoms with van der Waals surface area (Å²) in [5.74, 6) is 0.315. The summed E-state index contributed by atoms with van der Waals surface area (Å²) in [6, 6.07) is 5.45.